The van der Waals surface area contributed by atoms with E-state index in [1.54, 1.807) is 6.92 Å². The van der Waals surface area contributed by atoms with Gasteiger partial charge in [0.05, 0.1) is 11.7 Å². The lowest BCUT2D eigenvalue weighted by molar-refractivity contribution is -0.131. The third-order valence-electron chi connectivity index (χ3n) is 2.25. The molecule has 0 radical (unpaired) electrons. The fraction of sp³-hybridized carbons (Fsp3) is 0.923. The number of aliphatic hydroxyl groups is 1. The Morgan fingerprint density at radius 1 is 1.29 bits per heavy atom. The van der Waals surface area contributed by atoms with Crippen molar-refractivity contribution >= 4 is 5.91 Å². The molecule has 4 nitrogen and oxygen atoms in total. The van der Waals surface area contributed by atoms with Crippen molar-refractivity contribution in [1.29, 1.82) is 0 Å². The van der Waals surface area contributed by atoms with Crippen molar-refractivity contribution in [3.05, 3.63) is 0 Å². The van der Waals surface area contributed by atoms with Gasteiger partial charge >= 0.3 is 0 Å². The summed E-state index contributed by atoms with van der Waals surface area (Å²) in [5, 5.41) is 12.2. The van der Waals surface area contributed by atoms with Crippen LogP contribution < -0.4 is 5.32 Å². The fourth-order valence-corrected chi connectivity index (χ4v) is 1.54. The number of ether oxygens (including phenoxy) is 1. The Labute approximate surface area is 105 Å². The summed E-state index contributed by atoms with van der Waals surface area (Å²) in [6.45, 7) is 12.2. The molecule has 0 saturated heterocycles. The highest BCUT2D eigenvalue weighted by molar-refractivity contribution is 5.77. The zero-order valence-electron chi connectivity index (χ0n) is 12.0. The third-order valence-corrected chi connectivity index (χ3v) is 2.25. The Bertz CT molecular complexity index is 242. The molecule has 0 aromatic heterocycles. The van der Waals surface area contributed by atoms with Gasteiger partial charge in [-0.2, -0.15) is 0 Å². The number of hydrogen-bond acceptors (Lipinski definition) is 3. The van der Waals surface area contributed by atoms with Crippen molar-refractivity contribution in [2.24, 2.45) is 5.41 Å². The van der Waals surface area contributed by atoms with Gasteiger partial charge in [-0.05, 0) is 39.5 Å². The maximum absolute atomic E-state index is 11.5. The molecule has 0 saturated carbocycles. The van der Waals surface area contributed by atoms with E-state index in [1.165, 1.54) is 0 Å². The second-order valence-corrected chi connectivity index (χ2v) is 6.40. The number of carbonyl (C=O) groups is 1. The van der Waals surface area contributed by atoms with E-state index in [2.05, 4.69) is 5.32 Å². The van der Waals surface area contributed by atoms with Crippen LogP contribution in [0.25, 0.3) is 0 Å². The van der Waals surface area contributed by atoms with E-state index in [9.17, 15) is 9.90 Å². The standard InChI is InChI=1S/C13H27NO3/c1-10(15)7-13(5,6)9-14-11(16)8-17-12(2,3)4/h10,15H,7-9H2,1-6H3,(H,14,16). The minimum Gasteiger partial charge on any atom is -0.393 e. The van der Waals surface area contributed by atoms with Crippen LogP contribution in [0.4, 0.5) is 0 Å². The van der Waals surface area contributed by atoms with Gasteiger partial charge in [0.15, 0.2) is 0 Å². The first kappa shape index (κ1) is 16.4. The average molecular weight is 245 g/mol. The predicted octanol–water partition coefficient (Wildman–Crippen LogP) is 1.71. The van der Waals surface area contributed by atoms with Crippen LogP contribution in [0.15, 0.2) is 0 Å². The van der Waals surface area contributed by atoms with Crippen LogP contribution >= 0.6 is 0 Å². The van der Waals surface area contributed by atoms with Crippen LogP contribution in [0.2, 0.25) is 0 Å². The molecule has 0 aromatic carbocycles. The molecule has 0 bridgehead atoms. The molecule has 0 aliphatic heterocycles. The zero-order chi connectivity index (χ0) is 13.7. The third kappa shape index (κ3) is 10.3. The SMILES string of the molecule is CC(O)CC(C)(C)CNC(=O)COC(C)(C)C. The van der Waals surface area contributed by atoms with Crippen molar-refractivity contribution in [3.63, 3.8) is 0 Å². The van der Waals surface area contributed by atoms with Gasteiger partial charge in [0.25, 0.3) is 0 Å². The highest BCUT2D eigenvalue weighted by atomic mass is 16.5. The number of aliphatic hydroxyl groups excluding tert-OH is 1. The zero-order valence-corrected chi connectivity index (χ0v) is 12.0. The first-order chi connectivity index (χ1) is 7.52. The van der Waals surface area contributed by atoms with Crippen LogP contribution in [0.1, 0.15) is 48.0 Å². The van der Waals surface area contributed by atoms with Crippen molar-refractivity contribution < 1.29 is 14.6 Å². The molecule has 102 valence electrons. The molecular formula is C13H27NO3. The van der Waals surface area contributed by atoms with Gasteiger partial charge < -0.3 is 15.2 Å². The van der Waals surface area contributed by atoms with Crippen molar-refractivity contribution in [2.75, 3.05) is 13.2 Å². The Morgan fingerprint density at radius 2 is 1.82 bits per heavy atom. The lowest BCUT2D eigenvalue weighted by Crippen LogP contribution is -2.38. The van der Waals surface area contributed by atoms with E-state index < -0.39 is 0 Å². The summed E-state index contributed by atoms with van der Waals surface area (Å²) in [6, 6.07) is 0. The highest BCUT2D eigenvalue weighted by Crippen LogP contribution is 2.20. The van der Waals surface area contributed by atoms with Crippen molar-refractivity contribution in [1.82, 2.24) is 5.32 Å². The number of carbonyl (C=O) groups excluding carboxylic acids is 1. The minimum absolute atomic E-state index is 0.0776. The molecule has 0 rings (SSSR count). The van der Waals surface area contributed by atoms with Crippen LogP contribution in [0.3, 0.4) is 0 Å². The molecule has 17 heavy (non-hydrogen) atoms. The summed E-state index contributed by atoms with van der Waals surface area (Å²) < 4.78 is 5.38. The Balaban J connectivity index is 3.91. The van der Waals surface area contributed by atoms with Crippen molar-refractivity contribution in [3.8, 4) is 0 Å². The van der Waals surface area contributed by atoms with E-state index in [0.717, 1.165) is 0 Å². The van der Waals surface area contributed by atoms with Crippen LogP contribution in [-0.2, 0) is 9.53 Å². The minimum atomic E-state index is -0.354. The molecule has 4 heteroatoms. The molecule has 1 amide bonds. The highest BCUT2D eigenvalue weighted by Gasteiger charge is 2.21. The lowest BCUT2D eigenvalue weighted by atomic mass is 9.87. The summed E-state index contributed by atoms with van der Waals surface area (Å²) in [4.78, 5) is 11.5. The maximum Gasteiger partial charge on any atom is 0.246 e. The maximum atomic E-state index is 11.5. The van der Waals surface area contributed by atoms with E-state index in [4.69, 9.17) is 4.74 Å². The average Bonchev–Trinajstić information content (AvgIpc) is 2.08. The lowest BCUT2D eigenvalue weighted by Gasteiger charge is -2.26. The number of nitrogens with one attached hydrogen (secondary N) is 1. The summed E-state index contributed by atoms with van der Waals surface area (Å²) >= 11 is 0. The topological polar surface area (TPSA) is 58.6 Å². The van der Waals surface area contributed by atoms with E-state index in [1.807, 2.05) is 34.6 Å². The largest absolute Gasteiger partial charge is 0.393 e. The molecule has 0 fully saturated rings. The molecule has 1 atom stereocenters. The molecule has 2 N–H and O–H groups in total. The molecular weight excluding hydrogens is 218 g/mol. The first-order valence-electron chi connectivity index (χ1n) is 6.10. The second-order valence-electron chi connectivity index (χ2n) is 6.40. The van der Waals surface area contributed by atoms with Crippen LogP contribution in [-0.4, -0.2) is 35.9 Å². The second kappa shape index (κ2) is 6.36. The molecule has 0 aliphatic carbocycles. The summed E-state index contributed by atoms with van der Waals surface area (Å²) in [6.07, 6.45) is 0.306. The number of rotatable bonds is 6. The van der Waals surface area contributed by atoms with Gasteiger partial charge in [0.1, 0.15) is 6.61 Å². The number of hydrogen-bond donors (Lipinski definition) is 2. The Morgan fingerprint density at radius 3 is 2.24 bits per heavy atom. The normalized spacial score (nSPS) is 14.5. The van der Waals surface area contributed by atoms with Gasteiger partial charge in [0, 0.05) is 6.54 Å². The van der Waals surface area contributed by atoms with Crippen LogP contribution in [0.5, 0.6) is 0 Å². The van der Waals surface area contributed by atoms with E-state index in [-0.39, 0.29) is 29.6 Å². The molecule has 0 aliphatic rings. The number of amides is 1. The van der Waals surface area contributed by atoms with Crippen molar-refractivity contribution in [2.45, 2.75) is 59.7 Å². The van der Waals surface area contributed by atoms with Gasteiger partial charge in [-0.25, -0.2) is 0 Å². The van der Waals surface area contributed by atoms with Gasteiger partial charge in [-0.3, -0.25) is 4.79 Å². The molecule has 0 spiro atoms. The molecule has 0 heterocycles. The van der Waals surface area contributed by atoms with Crippen LogP contribution in [0, 0.1) is 5.41 Å². The Kier molecular flexibility index (Phi) is 6.13. The predicted molar refractivity (Wildman–Crippen MR) is 68.8 cm³/mol. The monoisotopic (exact) mass is 245 g/mol. The van der Waals surface area contributed by atoms with Gasteiger partial charge in [0.2, 0.25) is 5.91 Å². The molecule has 0 aromatic rings. The van der Waals surface area contributed by atoms with E-state index in [0.29, 0.717) is 13.0 Å². The summed E-state index contributed by atoms with van der Waals surface area (Å²) in [5.74, 6) is -0.112. The molecule has 1 unspecified atom stereocenters. The summed E-state index contributed by atoms with van der Waals surface area (Å²) in [7, 11) is 0. The smallest absolute Gasteiger partial charge is 0.246 e. The quantitative estimate of drug-likeness (QED) is 0.749. The first-order valence-corrected chi connectivity index (χ1v) is 6.10. The Hall–Kier alpha value is -0.610. The van der Waals surface area contributed by atoms with Gasteiger partial charge in [-0.1, -0.05) is 13.8 Å². The van der Waals surface area contributed by atoms with Gasteiger partial charge in [-0.15, -0.1) is 0 Å². The fourth-order valence-electron chi connectivity index (χ4n) is 1.54. The summed E-state index contributed by atoms with van der Waals surface area (Å²) in [5.41, 5.74) is -0.405. The van der Waals surface area contributed by atoms with E-state index >= 15 is 0 Å².